The first-order chi connectivity index (χ1) is 5.18. The number of ether oxygens (including phenoxy) is 1. The predicted molar refractivity (Wildman–Crippen MR) is 31.9 cm³/mol. The topological polar surface area (TPSA) is 9.23 Å². The fourth-order valence-electron chi connectivity index (χ4n) is 0.582. The van der Waals surface area contributed by atoms with Crippen molar-refractivity contribution >= 4 is 0 Å². The van der Waals surface area contributed by atoms with Crippen molar-refractivity contribution in [3.63, 3.8) is 0 Å². The van der Waals surface area contributed by atoms with Crippen molar-refractivity contribution in [2.75, 3.05) is 0 Å². The van der Waals surface area contributed by atoms with Crippen LogP contribution in [0.5, 0.6) is 5.75 Å². The number of halogens is 3. The Balaban J connectivity index is 2.71. The lowest BCUT2D eigenvalue weighted by atomic mass is 10.3. The van der Waals surface area contributed by atoms with Gasteiger partial charge in [0.1, 0.15) is 11.6 Å². The second-order valence-corrected chi connectivity index (χ2v) is 1.75. The molecule has 0 saturated carbocycles. The number of rotatable bonds is 2. The van der Waals surface area contributed by atoms with Gasteiger partial charge in [-0.05, 0) is 12.1 Å². The van der Waals surface area contributed by atoms with Crippen molar-refractivity contribution < 1.29 is 17.9 Å². The van der Waals surface area contributed by atoms with Gasteiger partial charge in [0.05, 0.1) is 0 Å². The molecule has 0 heterocycles. The summed E-state index contributed by atoms with van der Waals surface area (Å²) in [4.78, 5) is 0. The van der Waals surface area contributed by atoms with E-state index in [1.807, 2.05) is 0 Å². The van der Waals surface area contributed by atoms with Crippen LogP contribution in [-0.4, -0.2) is 6.61 Å². The molecule has 0 spiro atoms. The third-order valence-corrected chi connectivity index (χ3v) is 0.953. The van der Waals surface area contributed by atoms with Crippen LogP contribution in [0, 0.1) is 11.9 Å². The van der Waals surface area contributed by atoms with Gasteiger partial charge in [0.15, 0.2) is 0 Å². The van der Waals surface area contributed by atoms with Crippen LogP contribution < -0.4 is 4.74 Å². The Morgan fingerprint density at radius 1 is 1.45 bits per heavy atom. The predicted octanol–water partition coefficient (Wildman–Crippen LogP) is 2.23. The molecule has 0 bridgehead atoms. The molecule has 0 unspecified atom stereocenters. The van der Waals surface area contributed by atoms with Crippen LogP contribution in [-0.2, 0) is 0 Å². The molecule has 0 aliphatic carbocycles. The first-order valence-electron chi connectivity index (χ1n) is 2.80. The zero-order chi connectivity index (χ0) is 8.27. The minimum absolute atomic E-state index is 0.292. The zero-order valence-corrected chi connectivity index (χ0v) is 5.35. The fraction of sp³-hybridized carbons (Fsp3) is 0.143. The van der Waals surface area contributed by atoms with Gasteiger partial charge in [-0.3, -0.25) is 0 Å². The van der Waals surface area contributed by atoms with E-state index in [1.54, 1.807) is 0 Å². The van der Waals surface area contributed by atoms with Crippen molar-refractivity contribution in [1.82, 2.24) is 0 Å². The number of hydrogen-bond donors (Lipinski definition) is 0. The van der Waals surface area contributed by atoms with Crippen LogP contribution in [0.15, 0.2) is 18.2 Å². The summed E-state index contributed by atoms with van der Waals surface area (Å²) in [6.45, 7) is -2.94. The summed E-state index contributed by atoms with van der Waals surface area (Å²) >= 11 is 0. The molecule has 0 saturated heterocycles. The fourth-order valence-corrected chi connectivity index (χ4v) is 0.582. The smallest absolute Gasteiger partial charge is 0.387 e. The van der Waals surface area contributed by atoms with Crippen molar-refractivity contribution in [3.05, 3.63) is 30.1 Å². The van der Waals surface area contributed by atoms with Gasteiger partial charge < -0.3 is 4.74 Å². The molecule has 0 fully saturated rings. The molecule has 0 amide bonds. The Morgan fingerprint density at radius 2 is 2.18 bits per heavy atom. The molecule has 1 radical (unpaired) electrons. The normalized spacial score (nSPS) is 10.2. The molecule has 0 atom stereocenters. The van der Waals surface area contributed by atoms with Crippen molar-refractivity contribution in [2.45, 2.75) is 6.61 Å². The molecule has 4 heteroatoms. The first kappa shape index (κ1) is 7.91. The number of benzene rings is 1. The maximum atomic E-state index is 12.3. The van der Waals surface area contributed by atoms with E-state index in [4.69, 9.17) is 0 Å². The van der Waals surface area contributed by atoms with Gasteiger partial charge in [0.25, 0.3) is 0 Å². The van der Waals surface area contributed by atoms with E-state index in [0.29, 0.717) is 0 Å². The molecule has 1 nitrogen and oxygen atoms in total. The maximum Gasteiger partial charge on any atom is 0.387 e. The summed E-state index contributed by atoms with van der Waals surface area (Å²) in [5.74, 6) is -0.917. The monoisotopic (exact) mass is 161 g/mol. The third-order valence-electron chi connectivity index (χ3n) is 0.953. The van der Waals surface area contributed by atoms with E-state index in [9.17, 15) is 13.2 Å². The van der Waals surface area contributed by atoms with Gasteiger partial charge in [-0.15, -0.1) is 0 Å². The standard InChI is InChI=1S/C7H4F3O/c8-5-2-1-3-6(4-5)11-7(9)10/h1-2,4,7H. The molecule has 59 valence electrons. The van der Waals surface area contributed by atoms with E-state index >= 15 is 0 Å². The molecular formula is C7H4F3O. The van der Waals surface area contributed by atoms with Gasteiger partial charge in [0, 0.05) is 12.1 Å². The zero-order valence-electron chi connectivity index (χ0n) is 5.35. The molecule has 0 aromatic heterocycles. The largest absolute Gasteiger partial charge is 0.434 e. The van der Waals surface area contributed by atoms with E-state index < -0.39 is 12.4 Å². The summed E-state index contributed by atoms with van der Waals surface area (Å²) in [6, 6.07) is 5.41. The molecule has 1 rings (SSSR count). The van der Waals surface area contributed by atoms with Gasteiger partial charge >= 0.3 is 6.61 Å². The van der Waals surface area contributed by atoms with E-state index in [-0.39, 0.29) is 5.75 Å². The quantitative estimate of drug-likeness (QED) is 0.646. The van der Waals surface area contributed by atoms with Crippen LogP contribution >= 0.6 is 0 Å². The number of alkyl halides is 2. The molecule has 11 heavy (non-hydrogen) atoms. The Morgan fingerprint density at radius 3 is 2.73 bits per heavy atom. The van der Waals surface area contributed by atoms with Crippen LogP contribution in [0.4, 0.5) is 13.2 Å². The summed E-state index contributed by atoms with van der Waals surface area (Å²) in [5.41, 5.74) is 0. The van der Waals surface area contributed by atoms with Gasteiger partial charge in [0.2, 0.25) is 0 Å². The Bertz CT molecular complexity index is 237. The lowest BCUT2D eigenvalue weighted by Gasteiger charge is -2.01. The summed E-state index contributed by atoms with van der Waals surface area (Å²) < 4.78 is 39.1. The SMILES string of the molecule is Fc1cc[c]c(OC(F)F)c1. The lowest BCUT2D eigenvalue weighted by Crippen LogP contribution is -2.01. The van der Waals surface area contributed by atoms with Crippen LogP contribution in [0.2, 0.25) is 0 Å². The van der Waals surface area contributed by atoms with E-state index in [1.165, 1.54) is 6.07 Å². The highest BCUT2D eigenvalue weighted by atomic mass is 19.3. The molecular weight excluding hydrogens is 157 g/mol. The summed E-state index contributed by atoms with van der Waals surface area (Å²) in [7, 11) is 0. The highest BCUT2D eigenvalue weighted by Crippen LogP contribution is 2.13. The highest BCUT2D eigenvalue weighted by Gasteiger charge is 2.03. The Labute approximate surface area is 61.4 Å². The molecule has 0 aliphatic heterocycles. The average molecular weight is 161 g/mol. The van der Waals surface area contributed by atoms with Gasteiger partial charge in [-0.1, -0.05) is 0 Å². The first-order valence-corrected chi connectivity index (χ1v) is 2.80. The maximum absolute atomic E-state index is 12.3. The second kappa shape index (κ2) is 3.27. The van der Waals surface area contributed by atoms with Crippen molar-refractivity contribution in [3.8, 4) is 5.75 Å². The van der Waals surface area contributed by atoms with E-state index in [2.05, 4.69) is 10.8 Å². The lowest BCUT2D eigenvalue weighted by molar-refractivity contribution is -0.0501. The van der Waals surface area contributed by atoms with E-state index in [0.717, 1.165) is 12.1 Å². The second-order valence-electron chi connectivity index (χ2n) is 1.75. The van der Waals surface area contributed by atoms with Crippen LogP contribution in [0.3, 0.4) is 0 Å². The van der Waals surface area contributed by atoms with Crippen LogP contribution in [0.1, 0.15) is 0 Å². The minimum Gasteiger partial charge on any atom is -0.434 e. The van der Waals surface area contributed by atoms with Gasteiger partial charge in [-0.2, -0.15) is 8.78 Å². The molecule has 0 aliphatic rings. The summed E-state index contributed by atoms with van der Waals surface area (Å²) in [6.07, 6.45) is 0. The van der Waals surface area contributed by atoms with Crippen molar-refractivity contribution in [2.24, 2.45) is 0 Å². The average Bonchev–Trinajstić information content (AvgIpc) is 1.85. The third kappa shape index (κ3) is 2.49. The number of hydrogen-bond acceptors (Lipinski definition) is 1. The van der Waals surface area contributed by atoms with Gasteiger partial charge in [-0.25, -0.2) is 4.39 Å². The molecule has 1 aromatic carbocycles. The summed E-state index contributed by atoms with van der Waals surface area (Å²) in [5, 5.41) is 0. The molecule has 0 N–H and O–H groups in total. The van der Waals surface area contributed by atoms with Crippen molar-refractivity contribution in [1.29, 1.82) is 0 Å². The minimum atomic E-state index is -2.94. The Kier molecular flexibility index (Phi) is 2.36. The Hall–Kier alpha value is -1.19. The van der Waals surface area contributed by atoms with Crippen LogP contribution in [0.25, 0.3) is 0 Å². The molecule has 1 aromatic rings. The highest BCUT2D eigenvalue weighted by molar-refractivity contribution is 5.20.